The minimum atomic E-state index is -0.884. The Hall–Kier alpha value is -3.04. The van der Waals surface area contributed by atoms with Crippen LogP contribution in [0.2, 0.25) is 0 Å². The van der Waals surface area contributed by atoms with Gasteiger partial charge in [0.2, 0.25) is 0 Å². The number of rotatable bonds is 5. The lowest BCUT2D eigenvalue weighted by Crippen LogP contribution is -2.42. The Morgan fingerprint density at radius 3 is 2.65 bits per heavy atom. The third-order valence-corrected chi connectivity index (χ3v) is 5.83. The summed E-state index contributed by atoms with van der Waals surface area (Å²) >= 11 is 0. The van der Waals surface area contributed by atoms with Gasteiger partial charge >= 0.3 is 0 Å². The smallest absolute Gasteiger partial charge is 0.295 e. The minimum absolute atomic E-state index is 0.0508. The van der Waals surface area contributed by atoms with Gasteiger partial charge in [-0.15, -0.1) is 0 Å². The SMILES string of the molecule is Cc1n[nH]c(C)c1C(O)=C1C(=O)C(=O)N(CCN2CCOCC2)C1c1cccc(F)c1. The maximum atomic E-state index is 14.0. The van der Waals surface area contributed by atoms with Gasteiger partial charge in [0.1, 0.15) is 11.6 Å². The van der Waals surface area contributed by atoms with Crippen LogP contribution in [-0.2, 0) is 14.3 Å². The average Bonchev–Trinajstić information content (AvgIpc) is 3.23. The van der Waals surface area contributed by atoms with E-state index in [-0.39, 0.29) is 17.9 Å². The second-order valence-electron chi connectivity index (χ2n) is 7.81. The molecule has 4 rings (SSSR count). The summed E-state index contributed by atoms with van der Waals surface area (Å²) < 4.78 is 19.4. The van der Waals surface area contributed by atoms with E-state index < -0.39 is 23.5 Å². The average molecular weight is 428 g/mol. The van der Waals surface area contributed by atoms with Gasteiger partial charge in [0.25, 0.3) is 11.7 Å². The molecule has 2 aliphatic rings. The largest absolute Gasteiger partial charge is 0.507 e. The number of hydrogen-bond donors (Lipinski definition) is 2. The van der Waals surface area contributed by atoms with E-state index in [0.717, 1.165) is 13.1 Å². The van der Waals surface area contributed by atoms with E-state index in [9.17, 15) is 19.1 Å². The van der Waals surface area contributed by atoms with E-state index in [4.69, 9.17) is 4.74 Å². The maximum absolute atomic E-state index is 14.0. The number of ether oxygens (including phenoxy) is 1. The number of aliphatic hydroxyl groups is 1. The van der Waals surface area contributed by atoms with E-state index in [2.05, 4.69) is 15.1 Å². The normalized spacial score (nSPS) is 21.8. The number of aromatic nitrogens is 2. The predicted molar refractivity (Wildman–Crippen MR) is 111 cm³/mol. The van der Waals surface area contributed by atoms with E-state index in [1.54, 1.807) is 19.9 Å². The van der Waals surface area contributed by atoms with E-state index in [0.29, 0.717) is 42.3 Å². The van der Waals surface area contributed by atoms with Crippen molar-refractivity contribution in [3.8, 4) is 0 Å². The molecular weight excluding hydrogens is 403 g/mol. The van der Waals surface area contributed by atoms with E-state index >= 15 is 0 Å². The van der Waals surface area contributed by atoms with Gasteiger partial charge in [-0.25, -0.2) is 4.39 Å². The van der Waals surface area contributed by atoms with Crippen LogP contribution in [-0.4, -0.2) is 76.2 Å². The highest BCUT2D eigenvalue weighted by atomic mass is 19.1. The van der Waals surface area contributed by atoms with Crippen LogP contribution in [0.25, 0.3) is 5.76 Å². The van der Waals surface area contributed by atoms with Gasteiger partial charge in [-0.3, -0.25) is 19.6 Å². The van der Waals surface area contributed by atoms with Crippen molar-refractivity contribution in [3.05, 3.63) is 58.2 Å². The molecule has 0 saturated carbocycles. The van der Waals surface area contributed by atoms with Gasteiger partial charge in [-0.1, -0.05) is 12.1 Å². The van der Waals surface area contributed by atoms with Gasteiger partial charge < -0.3 is 14.7 Å². The third-order valence-electron chi connectivity index (χ3n) is 5.83. The fraction of sp³-hybridized carbons (Fsp3) is 0.409. The van der Waals surface area contributed by atoms with Crippen LogP contribution < -0.4 is 0 Å². The number of aryl methyl sites for hydroxylation is 2. The molecule has 31 heavy (non-hydrogen) atoms. The number of nitrogens with one attached hydrogen (secondary N) is 1. The summed E-state index contributed by atoms with van der Waals surface area (Å²) in [4.78, 5) is 29.6. The first-order valence-corrected chi connectivity index (χ1v) is 10.2. The lowest BCUT2D eigenvalue weighted by molar-refractivity contribution is -0.140. The summed E-state index contributed by atoms with van der Waals surface area (Å²) in [6.07, 6.45) is 0. The molecule has 8 nitrogen and oxygen atoms in total. The molecule has 3 heterocycles. The molecule has 0 aliphatic carbocycles. The van der Waals surface area contributed by atoms with Crippen LogP contribution in [0.1, 0.15) is 28.6 Å². The highest BCUT2D eigenvalue weighted by molar-refractivity contribution is 6.46. The van der Waals surface area contributed by atoms with Crippen molar-refractivity contribution in [3.63, 3.8) is 0 Å². The number of halogens is 1. The van der Waals surface area contributed by atoms with Crippen LogP contribution in [0.15, 0.2) is 29.8 Å². The highest BCUT2D eigenvalue weighted by Crippen LogP contribution is 2.40. The molecule has 1 aromatic heterocycles. The van der Waals surface area contributed by atoms with Crippen molar-refractivity contribution in [1.29, 1.82) is 0 Å². The third kappa shape index (κ3) is 3.98. The molecule has 1 aromatic carbocycles. The standard InChI is InChI=1S/C22H25FN4O4/c1-13-17(14(2)25-24-13)20(28)18-19(15-4-3-5-16(23)12-15)27(22(30)21(18)29)7-6-26-8-10-31-11-9-26/h3-5,12,19,28H,6-11H2,1-2H3,(H,24,25). The summed E-state index contributed by atoms with van der Waals surface area (Å²) in [5.74, 6) is -2.27. The summed E-state index contributed by atoms with van der Waals surface area (Å²) in [6, 6.07) is 4.89. The Balaban J connectivity index is 1.77. The van der Waals surface area contributed by atoms with E-state index in [1.807, 2.05) is 0 Å². The zero-order valence-corrected chi connectivity index (χ0v) is 17.5. The number of benzene rings is 1. The van der Waals surface area contributed by atoms with Crippen molar-refractivity contribution < 1.29 is 23.8 Å². The van der Waals surface area contributed by atoms with Crippen LogP contribution in [0.3, 0.4) is 0 Å². The lowest BCUT2D eigenvalue weighted by atomic mass is 9.94. The fourth-order valence-corrected chi connectivity index (χ4v) is 4.24. The number of carbonyl (C=O) groups excluding carboxylic acids is 2. The molecule has 2 N–H and O–H groups in total. The second kappa shape index (κ2) is 8.60. The molecular formula is C22H25FN4O4. The lowest BCUT2D eigenvalue weighted by Gasteiger charge is -2.31. The van der Waals surface area contributed by atoms with Crippen molar-refractivity contribution in [1.82, 2.24) is 20.0 Å². The quantitative estimate of drug-likeness (QED) is 0.429. The number of ketones is 1. The Kier molecular flexibility index (Phi) is 5.88. The molecule has 2 aliphatic heterocycles. The Bertz CT molecular complexity index is 1020. The monoisotopic (exact) mass is 428 g/mol. The van der Waals surface area contributed by atoms with Crippen molar-refractivity contribution >= 4 is 17.4 Å². The maximum Gasteiger partial charge on any atom is 0.295 e. The molecule has 0 radical (unpaired) electrons. The topological polar surface area (TPSA) is 98.8 Å². The number of H-pyrrole nitrogens is 1. The molecule has 0 spiro atoms. The van der Waals surface area contributed by atoms with Crippen LogP contribution >= 0.6 is 0 Å². The summed E-state index contributed by atoms with van der Waals surface area (Å²) in [5, 5.41) is 17.9. The molecule has 2 aromatic rings. The number of likely N-dealkylation sites (tertiary alicyclic amines) is 1. The number of amides is 1. The van der Waals surface area contributed by atoms with Crippen LogP contribution in [0.4, 0.5) is 4.39 Å². The zero-order chi connectivity index (χ0) is 22.1. The first-order valence-electron chi connectivity index (χ1n) is 10.2. The number of aromatic amines is 1. The van der Waals surface area contributed by atoms with Gasteiger partial charge in [0.05, 0.1) is 36.1 Å². The van der Waals surface area contributed by atoms with Gasteiger partial charge in [-0.2, -0.15) is 5.10 Å². The van der Waals surface area contributed by atoms with Crippen LogP contribution in [0.5, 0.6) is 0 Å². The number of nitrogens with zero attached hydrogens (tertiary/aromatic N) is 3. The second-order valence-corrected chi connectivity index (χ2v) is 7.81. The van der Waals surface area contributed by atoms with Crippen LogP contribution in [0, 0.1) is 19.7 Å². The number of Topliss-reactive ketones (excluding diaryl/α,β-unsaturated/α-hetero) is 1. The summed E-state index contributed by atoms with van der Waals surface area (Å²) in [7, 11) is 0. The number of aliphatic hydroxyl groups excluding tert-OH is 1. The molecule has 164 valence electrons. The highest BCUT2D eigenvalue weighted by Gasteiger charge is 2.46. The molecule has 2 fully saturated rings. The Morgan fingerprint density at radius 1 is 1.26 bits per heavy atom. The van der Waals surface area contributed by atoms with Gasteiger partial charge in [0, 0.05) is 31.9 Å². The number of morpholine rings is 1. The van der Waals surface area contributed by atoms with Crippen molar-refractivity contribution in [2.24, 2.45) is 0 Å². The Labute approximate surface area is 179 Å². The molecule has 9 heteroatoms. The molecule has 1 amide bonds. The van der Waals surface area contributed by atoms with Gasteiger partial charge in [-0.05, 0) is 31.5 Å². The molecule has 0 bridgehead atoms. The first-order chi connectivity index (χ1) is 14.9. The predicted octanol–water partition coefficient (Wildman–Crippen LogP) is 1.92. The fourth-order valence-electron chi connectivity index (χ4n) is 4.24. The molecule has 1 atom stereocenters. The summed E-state index contributed by atoms with van der Waals surface area (Å²) in [6.45, 7) is 6.95. The van der Waals surface area contributed by atoms with Crippen molar-refractivity contribution in [2.75, 3.05) is 39.4 Å². The first kappa shape index (κ1) is 21.2. The molecule has 2 saturated heterocycles. The Morgan fingerprint density at radius 2 is 2.00 bits per heavy atom. The van der Waals surface area contributed by atoms with E-state index in [1.165, 1.54) is 23.1 Å². The number of carbonyl (C=O) groups is 2. The zero-order valence-electron chi connectivity index (χ0n) is 17.5. The van der Waals surface area contributed by atoms with Crippen molar-refractivity contribution in [2.45, 2.75) is 19.9 Å². The van der Waals surface area contributed by atoms with Gasteiger partial charge in [0.15, 0.2) is 0 Å². The summed E-state index contributed by atoms with van der Waals surface area (Å²) in [5.41, 5.74) is 1.85. The molecule has 1 unspecified atom stereocenters. The number of hydrogen-bond acceptors (Lipinski definition) is 6. The minimum Gasteiger partial charge on any atom is -0.507 e.